The first-order valence-electron chi connectivity index (χ1n) is 6.00. The summed E-state index contributed by atoms with van der Waals surface area (Å²) in [5.41, 5.74) is 1.65. The first kappa shape index (κ1) is 14.1. The quantitative estimate of drug-likeness (QED) is 0.939. The fraction of sp³-hybridized carbons (Fsp3) is 0.286. The minimum Gasteiger partial charge on any atom is -0.310 e. The minimum absolute atomic E-state index is 0.101. The summed E-state index contributed by atoms with van der Waals surface area (Å²) in [5, 5.41) is 3.12. The molecule has 2 aromatic rings. The standard InChI is InChI=1S/C14H15BrFN3/c1-9-7-18-14(19-8-9)13(17-2)5-10-3-4-11(15)6-12(10)16/h3-4,6-8,13,17H,5H2,1-2H3. The van der Waals surface area contributed by atoms with E-state index in [1.807, 2.05) is 20.0 Å². The molecule has 1 heterocycles. The summed E-state index contributed by atoms with van der Waals surface area (Å²) < 4.78 is 14.6. The van der Waals surface area contributed by atoms with E-state index in [0.717, 1.165) is 10.0 Å². The van der Waals surface area contributed by atoms with Crippen molar-refractivity contribution in [3.8, 4) is 0 Å². The summed E-state index contributed by atoms with van der Waals surface area (Å²) >= 11 is 3.25. The molecule has 19 heavy (non-hydrogen) atoms. The number of aromatic nitrogens is 2. The largest absolute Gasteiger partial charge is 0.310 e. The molecule has 100 valence electrons. The number of nitrogens with zero attached hydrogens (tertiary/aromatic N) is 2. The van der Waals surface area contributed by atoms with Gasteiger partial charge in [-0.1, -0.05) is 22.0 Å². The van der Waals surface area contributed by atoms with Gasteiger partial charge in [-0.3, -0.25) is 0 Å². The summed E-state index contributed by atoms with van der Waals surface area (Å²) in [7, 11) is 1.82. The summed E-state index contributed by atoms with van der Waals surface area (Å²) in [6.07, 6.45) is 4.05. The molecule has 1 atom stereocenters. The zero-order valence-corrected chi connectivity index (χ0v) is 12.4. The Morgan fingerprint density at radius 2 is 2.00 bits per heavy atom. The molecular formula is C14H15BrFN3. The molecule has 2 rings (SSSR count). The number of halogens is 2. The highest BCUT2D eigenvalue weighted by Gasteiger charge is 2.15. The third-order valence-corrected chi connectivity index (χ3v) is 3.39. The number of hydrogen-bond acceptors (Lipinski definition) is 3. The van der Waals surface area contributed by atoms with Crippen LogP contribution in [-0.4, -0.2) is 17.0 Å². The Balaban J connectivity index is 2.21. The second-order valence-electron chi connectivity index (χ2n) is 4.40. The van der Waals surface area contributed by atoms with Crippen molar-refractivity contribution >= 4 is 15.9 Å². The molecule has 1 aromatic heterocycles. The monoisotopic (exact) mass is 323 g/mol. The van der Waals surface area contributed by atoms with Crippen LogP contribution in [0.3, 0.4) is 0 Å². The van der Waals surface area contributed by atoms with Crippen LogP contribution in [0, 0.1) is 12.7 Å². The lowest BCUT2D eigenvalue weighted by Gasteiger charge is -2.15. The molecule has 0 aliphatic carbocycles. The SMILES string of the molecule is CNC(Cc1ccc(Br)cc1F)c1ncc(C)cn1. The minimum atomic E-state index is -0.221. The van der Waals surface area contributed by atoms with Gasteiger partial charge in [0.1, 0.15) is 11.6 Å². The Kier molecular flexibility index (Phi) is 4.61. The fourth-order valence-corrected chi connectivity index (χ4v) is 2.15. The van der Waals surface area contributed by atoms with Crippen molar-refractivity contribution in [1.29, 1.82) is 0 Å². The predicted octanol–water partition coefficient (Wildman–Crippen LogP) is 3.19. The van der Waals surface area contributed by atoms with E-state index in [0.29, 0.717) is 17.8 Å². The van der Waals surface area contributed by atoms with Crippen molar-refractivity contribution in [2.24, 2.45) is 0 Å². The highest BCUT2D eigenvalue weighted by molar-refractivity contribution is 9.10. The normalized spacial score (nSPS) is 12.4. The van der Waals surface area contributed by atoms with Crippen LogP contribution >= 0.6 is 15.9 Å². The van der Waals surface area contributed by atoms with Crippen LogP contribution in [0.2, 0.25) is 0 Å². The Labute approximate surface area is 120 Å². The summed E-state index contributed by atoms with van der Waals surface area (Å²) in [6, 6.07) is 4.98. The van der Waals surface area contributed by atoms with Gasteiger partial charge < -0.3 is 5.32 Å². The molecule has 0 saturated heterocycles. The van der Waals surface area contributed by atoms with E-state index in [9.17, 15) is 4.39 Å². The first-order chi connectivity index (χ1) is 9.10. The molecule has 0 saturated carbocycles. The van der Waals surface area contributed by atoms with Gasteiger partial charge in [0.15, 0.2) is 0 Å². The van der Waals surface area contributed by atoms with Crippen molar-refractivity contribution in [3.63, 3.8) is 0 Å². The Morgan fingerprint density at radius 3 is 2.58 bits per heavy atom. The lowest BCUT2D eigenvalue weighted by atomic mass is 10.0. The number of benzene rings is 1. The van der Waals surface area contributed by atoms with Crippen LogP contribution < -0.4 is 5.32 Å². The second-order valence-corrected chi connectivity index (χ2v) is 5.32. The highest BCUT2D eigenvalue weighted by Crippen LogP contribution is 2.20. The number of likely N-dealkylation sites (N-methyl/N-ethyl adjacent to an activating group) is 1. The van der Waals surface area contributed by atoms with E-state index >= 15 is 0 Å². The Morgan fingerprint density at radius 1 is 1.32 bits per heavy atom. The van der Waals surface area contributed by atoms with Crippen molar-refractivity contribution in [2.75, 3.05) is 7.05 Å². The van der Waals surface area contributed by atoms with Crippen LogP contribution in [0.15, 0.2) is 35.1 Å². The van der Waals surface area contributed by atoms with Crippen molar-refractivity contribution in [2.45, 2.75) is 19.4 Å². The van der Waals surface area contributed by atoms with Crippen LogP contribution in [0.1, 0.15) is 23.0 Å². The first-order valence-corrected chi connectivity index (χ1v) is 6.79. The maximum Gasteiger partial charge on any atom is 0.145 e. The average molecular weight is 324 g/mol. The maximum atomic E-state index is 13.8. The Hall–Kier alpha value is -1.33. The van der Waals surface area contributed by atoms with Gasteiger partial charge in [-0.25, -0.2) is 14.4 Å². The van der Waals surface area contributed by atoms with Gasteiger partial charge >= 0.3 is 0 Å². The number of aryl methyl sites for hydroxylation is 1. The molecule has 0 amide bonds. The van der Waals surface area contributed by atoms with E-state index in [1.165, 1.54) is 6.07 Å². The molecule has 0 aliphatic heterocycles. The zero-order valence-electron chi connectivity index (χ0n) is 10.8. The average Bonchev–Trinajstić information content (AvgIpc) is 2.39. The molecule has 0 fully saturated rings. The number of nitrogens with one attached hydrogen (secondary N) is 1. The van der Waals surface area contributed by atoms with Crippen molar-refractivity contribution < 1.29 is 4.39 Å². The molecule has 1 N–H and O–H groups in total. The maximum absolute atomic E-state index is 13.8. The molecule has 1 unspecified atom stereocenters. The highest BCUT2D eigenvalue weighted by atomic mass is 79.9. The van der Waals surface area contributed by atoms with Gasteiger partial charge in [-0.05, 0) is 43.7 Å². The topological polar surface area (TPSA) is 37.8 Å². The third kappa shape index (κ3) is 3.58. The zero-order chi connectivity index (χ0) is 13.8. The molecule has 0 bridgehead atoms. The van der Waals surface area contributed by atoms with E-state index in [4.69, 9.17) is 0 Å². The second kappa shape index (κ2) is 6.21. The van der Waals surface area contributed by atoms with Gasteiger partial charge in [0.2, 0.25) is 0 Å². The predicted molar refractivity (Wildman–Crippen MR) is 76.4 cm³/mol. The number of rotatable bonds is 4. The van der Waals surface area contributed by atoms with Gasteiger partial charge in [0, 0.05) is 16.9 Å². The smallest absolute Gasteiger partial charge is 0.145 e. The van der Waals surface area contributed by atoms with Crippen LogP contribution in [0.5, 0.6) is 0 Å². The van der Waals surface area contributed by atoms with E-state index in [2.05, 4.69) is 31.2 Å². The number of hydrogen-bond donors (Lipinski definition) is 1. The molecule has 0 spiro atoms. The van der Waals surface area contributed by atoms with Crippen LogP contribution in [-0.2, 0) is 6.42 Å². The molecule has 5 heteroatoms. The fourth-order valence-electron chi connectivity index (χ4n) is 1.81. The van der Waals surface area contributed by atoms with Crippen LogP contribution in [0.4, 0.5) is 4.39 Å². The van der Waals surface area contributed by atoms with E-state index in [1.54, 1.807) is 18.5 Å². The van der Waals surface area contributed by atoms with Gasteiger partial charge in [-0.15, -0.1) is 0 Å². The molecule has 0 aliphatic rings. The third-order valence-electron chi connectivity index (χ3n) is 2.90. The molecule has 0 radical (unpaired) electrons. The lowest BCUT2D eigenvalue weighted by Crippen LogP contribution is -2.21. The van der Waals surface area contributed by atoms with Gasteiger partial charge in [-0.2, -0.15) is 0 Å². The van der Waals surface area contributed by atoms with Gasteiger partial charge in [0.05, 0.1) is 6.04 Å². The summed E-state index contributed by atoms with van der Waals surface area (Å²) in [5.74, 6) is 0.456. The van der Waals surface area contributed by atoms with Gasteiger partial charge in [0.25, 0.3) is 0 Å². The summed E-state index contributed by atoms with van der Waals surface area (Å²) in [6.45, 7) is 1.94. The molecular weight excluding hydrogens is 309 g/mol. The molecule has 3 nitrogen and oxygen atoms in total. The molecule has 1 aromatic carbocycles. The van der Waals surface area contributed by atoms with Crippen molar-refractivity contribution in [3.05, 3.63) is 57.8 Å². The van der Waals surface area contributed by atoms with Crippen LogP contribution in [0.25, 0.3) is 0 Å². The van der Waals surface area contributed by atoms with E-state index in [-0.39, 0.29) is 11.9 Å². The van der Waals surface area contributed by atoms with Crippen molar-refractivity contribution in [1.82, 2.24) is 15.3 Å². The van der Waals surface area contributed by atoms with E-state index < -0.39 is 0 Å². The lowest BCUT2D eigenvalue weighted by molar-refractivity contribution is 0.532. The summed E-state index contributed by atoms with van der Waals surface area (Å²) in [4.78, 5) is 8.58. The Bertz CT molecular complexity index is 557.